The van der Waals surface area contributed by atoms with Crippen molar-refractivity contribution >= 4 is 15.9 Å². The summed E-state index contributed by atoms with van der Waals surface area (Å²) in [6, 6.07) is 5.26. The number of nitrogens with one attached hydrogen (secondary N) is 1. The molecule has 0 radical (unpaired) electrons. The Morgan fingerprint density at radius 2 is 2.05 bits per heavy atom. The van der Waals surface area contributed by atoms with Crippen LogP contribution >= 0.6 is 15.9 Å². The van der Waals surface area contributed by atoms with Crippen molar-refractivity contribution in [1.82, 2.24) is 5.32 Å². The number of methoxy groups -OCH3 is 1. The first-order chi connectivity index (χ1) is 9.02. The molecule has 19 heavy (non-hydrogen) atoms. The molecule has 0 saturated carbocycles. The van der Waals surface area contributed by atoms with Crippen molar-refractivity contribution in [3.63, 3.8) is 0 Å². The van der Waals surface area contributed by atoms with Crippen LogP contribution in [-0.2, 0) is 4.74 Å². The summed E-state index contributed by atoms with van der Waals surface area (Å²) in [5.74, 6) is 0.0940. The first kappa shape index (κ1) is 16.6. The Balaban J connectivity index is 3.11. The van der Waals surface area contributed by atoms with Gasteiger partial charge in [0.25, 0.3) is 0 Å². The smallest absolute Gasteiger partial charge is 0.142 e. The quantitative estimate of drug-likeness (QED) is 0.804. The molecule has 108 valence electrons. The van der Waals surface area contributed by atoms with Crippen molar-refractivity contribution in [1.29, 1.82) is 0 Å². The molecule has 2 nitrogen and oxygen atoms in total. The fourth-order valence-corrected chi connectivity index (χ4v) is 2.64. The Hall–Kier alpha value is -0.450. The predicted molar refractivity (Wildman–Crippen MR) is 80.8 cm³/mol. The van der Waals surface area contributed by atoms with Crippen LogP contribution in [0, 0.1) is 11.7 Å². The van der Waals surface area contributed by atoms with Gasteiger partial charge in [0.1, 0.15) is 5.82 Å². The summed E-state index contributed by atoms with van der Waals surface area (Å²) in [5.41, 5.74) is 0.656. The lowest BCUT2D eigenvalue weighted by atomic mass is 9.93. The molecular formula is C15H23BrFNO. The minimum absolute atomic E-state index is 0.0599. The van der Waals surface area contributed by atoms with Crippen molar-refractivity contribution in [3.05, 3.63) is 34.1 Å². The lowest BCUT2D eigenvalue weighted by molar-refractivity contribution is 0.0316. The van der Waals surface area contributed by atoms with Crippen LogP contribution in [0.3, 0.4) is 0 Å². The lowest BCUT2D eigenvalue weighted by Gasteiger charge is -2.30. The van der Waals surface area contributed by atoms with E-state index in [0.29, 0.717) is 16.0 Å². The zero-order valence-corrected chi connectivity index (χ0v) is 13.6. The van der Waals surface area contributed by atoms with E-state index in [0.717, 1.165) is 13.0 Å². The summed E-state index contributed by atoms with van der Waals surface area (Å²) in [5, 5.41) is 3.40. The maximum absolute atomic E-state index is 14.3. The van der Waals surface area contributed by atoms with Crippen LogP contribution in [0.5, 0.6) is 0 Å². The lowest BCUT2D eigenvalue weighted by Crippen LogP contribution is -2.37. The molecule has 0 aliphatic rings. The molecule has 0 aromatic heterocycles. The molecule has 1 aromatic carbocycles. The van der Waals surface area contributed by atoms with Crippen LogP contribution in [0.4, 0.5) is 4.39 Å². The zero-order valence-electron chi connectivity index (χ0n) is 12.0. The van der Waals surface area contributed by atoms with Crippen LogP contribution in [0.25, 0.3) is 0 Å². The third kappa shape index (κ3) is 4.26. The Morgan fingerprint density at radius 3 is 2.58 bits per heavy atom. The Labute approximate surface area is 123 Å². The highest BCUT2D eigenvalue weighted by molar-refractivity contribution is 9.10. The highest BCUT2D eigenvalue weighted by atomic mass is 79.9. The van der Waals surface area contributed by atoms with Gasteiger partial charge in [-0.2, -0.15) is 0 Å². The van der Waals surface area contributed by atoms with Crippen LogP contribution in [0.2, 0.25) is 0 Å². The van der Waals surface area contributed by atoms with Crippen molar-refractivity contribution < 1.29 is 9.13 Å². The molecule has 0 bridgehead atoms. The molecular weight excluding hydrogens is 309 g/mol. The molecule has 0 fully saturated rings. The highest BCUT2D eigenvalue weighted by Gasteiger charge is 2.28. The van der Waals surface area contributed by atoms with Gasteiger partial charge in [-0.05, 0) is 40.9 Å². The molecule has 0 aliphatic carbocycles. The van der Waals surface area contributed by atoms with Crippen molar-refractivity contribution in [2.75, 3.05) is 13.7 Å². The predicted octanol–water partition coefficient (Wildman–Crippen LogP) is 4.30. The van der Waals surface area contributed by atoms with E-state index in [9.17, 15) is 4.39 Å². The second-order valence-electron chi connectivity index (χ2n) is 5.02. The van der Waals surface area contributed by atoms with Crippen LogP contribution < -0.4 is 5.32 Å². The Morgan fingerprint density at radius 1 is 1.37 bits per heavy atom. The van der Waals surface area contributed by atoms with Gasteiger partial charge in [-0.3, -0.25) is 0 Å². The van der Waals surface area contributed by atoms with Crippen molar-refractivity contribution in [2.24, 2.45) is 5.92 Å². The van der Waals surface area contributed by atoms with E-state index in [1.165, 1.54) is 0 Å². The van der Waals surface area contributed by atoms with E-state index in [2.05, 4.69) is 42.0 Å². The van der Waals surface area contributed by atoms with Gasteiger partial charge in [0.15, 0.2) is 0 Å². The number of rotatable bonds is 7. The largest absolute Gasteiger partial charge is 0.379 e. The molecule has 1 N–H and O–H groups in total. The van der Waals surface area contributed by atoms with Gasteiger partial charge in [-0.25, -0.2) is 4.39 Å². The number of ether oxygens (including phenoxy) is 1. The third-order valence-electron chi connectivity index (χ3n) is 3.19. The van der Waals surface area contributed by atoms with Gasteiger partial charge in [0.05, 0.1) is 16.6 Å². The van der Waals surface area contributed by atoms with Crippen molar-refractivity contribution in [2.45, 2.75) is 39.3 Å². The molecule has 0 heterocycles. The Kier molecular flexibility index (Phi) is 6.97. The van der Waals surface area contributed by atoms with Gasteiger partial charge in [0.2, 0.25) is 0 Å². The molecule has 0 amide bonds. The number of benzene rings is 1. The van der Waals surface area contributed by atoms with Gasteiger partial charge in [-0.1, -0.05) is 32.9 Å². The van der Waals surface area contributed by atoms with Gasteiger partial charge in [-0.15, -0.1) is 0 Å². The maximum Gasteiger partial charge on any atom is 0.142 e. The molecule has 0 spiro atoms. The van der Waals surface area contributed by atoms with Gasteiger partial charge >= 0.3 is 0 Å². The molecule has 0 aliphatic heterocycles. The average molecular weight is 332 g/mol. The van der Waals surface area contributed by atoms with Gasteiger partial charge in [0, 0.05) is 12.7 Å². The summed E-state index contributed by atoms with van der Waals surface area (Å²) in [7, 11) is 1.68. The number of hydrogen-bond donors (Lipinski definition) is 1. The zero-order chi connectivity index (χ0) is 14.4. The number of halogens is 2. The molecule has 0 saturated heterocycles. The second kappa shape index (κ2) is 7.98. The van der Waals surface area contributed by atoms with E-state index in [1.54, 1.807) is 13.2 Å². The first-order valence-electron chi connectivity index (χ1n) is 6.73. The SMILES string of the molecule is CCCNC(c1cccc(Br)c1F)C(OC)C(C)C. The topological polar surface area (TPSA) is 21.3 Å². The fraction of sp³-hybridized carbons (Fsp3) is 0.600. The molecule has 1 aromatic rings. The summed E-state index contributed by atoms with van der Waals surface area (Å²) in [4.78, 5) is 0. The van der Waals surface area contributed by atoms with E-state index in [1.807, 2.05) is 12.1 Å². The normalized spacial score (nSPS) is 14.7. The number of hydrogen-bond acceptors (Lipinski definition) is 2. The summed E-state index contributed by atoms with van der Waals surface area (Å²) in [6.07, 6.45) is 0.941. The van der Waals surface area contributed by atoms with Crippen molar-refractivity contribution in [3.8, 4) is 0 Å². The molecule has 1 rings (SSSR count). The highest BCUT2D eigenvalue weighted by Crippen LogP contribution is 2.29. The molecule has 2 unspecified atom stereocenters. The van der Waals surface area contributed by atoms with E-state index < -0.39 is 0 Å². The standard InChI is InChI=1S/C15H23BrFNO/c1-5-9-18-14(15(19-4)10(2)3)11-7-6-8-12(16)13(11)17/h6-8,10,14-15,18H,5,9H2,1-4H3. The summed E-state index contributed by atoms with van der Waals surface area (Å²) >= 11 is 3.25. The van der Waals surface area contributed by atoms with Crippen LogP contribution in [0.1, 0.15) is 38.8 Å². The third-order valence-corrected chi connectivity index (χ3v) is 3.80. The molecule has 4 heteroatoms. The van der Waals surface area contributed by atoms with E-state index >= 15 is 0 Å². The molecule has 2 atom stereocenters. The van der Waals surface area contributed by atoms with E-state index in [4.69, 9.17) is 4.74 Å². The average Bonchev–Trinajstić information content (AvgIpc) is 2.37. The first-order valence-corrected chi connectivity index (χ1v) is 7.52. The summed E-state index contributed by atoms with van der Waals surface area (Å²) in [6.45, 7) is 7.11. The van der Waals surface area contributed by atoms with E-state index in [-0.39, 0.29) is 18.0 Å². The minimum Gasteiger partial charge on any atom is -0.379 e. The fourth-order valence-electron chi connectivity index (χ4n) is 2.26. The van der Waals surface area contributed by atoms with Crippen LogP contribution in [0.15, 0.2) is 22.7 Å². The minimum atomic E-state index is -0.209. The van der Waals surface area contributed by atoms with Crippen LogP contribution in [-0.4, -0.2) is 19.8 Å². The van der Waals surface area contributed by atoms with Gasteiger partial charge < -0.3 is 10.1 Å². The second-order valence-corrected chi connectivity index (χ2v) is 5.87. The Bertz CT molecular complexity index is 398. The summed E-state index contributed by atoms with van der Waals surface area (Å²) < 4.78 is 20.4. The maximum atomic E-state index is 14.3. The monoisotopic (exact) mass is 331 g/mol.